The van der Waals surface area contributed by atoms with Gasteiger partial charge in [0.1, 0.15) is 0 Å². The molecule has 136 valence electrons. The largest absolute Gasteiger partial charge is 0.368 e. The summed E-state index contributed by atoms with van der Waals surface area (Å²) < 4.78 is 0. The number of benzene rings is 2. The van der Waals surface area contributed by atoms with Crippen molar-refractivity contribution in [1.29, 1.82) is 0 Å². The summed E-state index contributed by atoms with van der Waals surface area (Å²) >= 11 is 1.70. The lowest BCUT2D eigenvalue weighted by atomic mass is 10.1. The van der Waals surface area contributed by atoms with E-state index >= 15 is 0 Å². The SMILES string of the molecule is C[C@@H](Sc1ccc2c(c1)CCC2)C(=O)N1CCN(c2ccccc2)CC1. The Hall–Kier alpha value is -1.94. The molecule has 26 heavy (non-hydrogen) atoms. The summed E-state index contributed by atoms with van der Waals surface area (Å²) in [6, 6.07) is 17.2. The summed E-state index contributed by atoms with van der Waals surface area (Å²) in [6.45, 7) is 5.48. The fraction of sp³-hybridized carbons (Fsp3) is 0.409. The van der Waals surface area contributed by atoms with Crippen molar-refractivity contribution in [3.05, 3.63) is 59.7 Å². The van der Waals surface area contributed by atoms with Crippen molar-refractivity contribution in [2.24, 2.45) is 0 Å². The normalized spacial score (nSPS) is 17.9. The highest BCUT2D eigenvalue weighted by Crippen LogP contribution is 2.30. The van der Waals surface area contributed by atoms with Crippen LogP contribution in [0.25, 0.3) is 0 Å². The molecule has 0 saturated carbocycles. The maximum absolute atomic E-state index is 12.9. The minimum Gasteiger partial charge on any atom is -0.368 e. The second kappa shape index (κ2) is 7.75. The van der Waals surface area contributed by atoms with Gasteiger partial charge in [-0.15, -0.1) is 11.8 Å². The molecule has 2 aromatic rings. The number of para-hydroxylation sites is 1. The second-order valence-corrected chi connectivity index (χ2v) is 8.61. The number of anilines is 1. The average Bonchev–Trinajstić information content (AvgIpc) is 3.16. The van der Waals surface area contributed by atoms with Gasteiger partial charge in [-0.05, 0) is 61.6 Å². The molecule has 0 bridgehead atoms. The fourth-order valence-corrected chi connectivity index (χ4v) is 4.97. The van der Waals surface area contributed by atoms with Gasteiger partial charge in [-0.2, -0.15) is 0 Å². The number of carbonyl (C=O) groups is 1. The van der Waals surface area contributed by atoms with E-state index in [2.05, 4.69) is 47.4 Å². The molecule has 2 aromatic carbocycles. The quantitative estimate of drug-likeness (QED) is 0.764. The first-order valence-electron chi connectivity index (χ1n) is 9.58. The van der Waals surface area contributed by atoms with Gasteiger partial charge in [0.15, 0.2) is 0 Å². The molecule has 4 heteroatoms. The monoisotopic (exact) mass is 366 g/mol. The van der Waals surface area contributed by atoms with Crippen molar-refractivity contribution >= 4 is 23.4 Å². The lowest BCUT2D eigenvalue weighted by Gasteiger charge is -2.37. The van der Waals surface area contributed by atoms with Crippen LogP contribution in [-0.4, -0.2) is 42.2 Å². The zero-order valence-corrected chi connectivity index (χ0v) is 16.2. The van der Waals surface area contributed by atoms with Crippen LogP contribution in [0.2, 0.25) is 0 Å². The van der Waals surface area contributed by atoms with E-state index in [1.54, 1.807) is 11.8 Å². The van der Waals surface area contributed by atoms with Crippen LogP contribution in [0.5, 0.6) is 0 Å². The number of amides is 1. The third kappa shape index (κ3) is 3.75. The molecule has 1 saturated heterocycles. The molecule has 0 unspecified atom stereocenters. The molecular weight excluding hydrogens is 340 g/mol. The van der Waals surface area contributed by atoms with E-state index in [-0.39, 0.29) is 11.2 Å². The molecule has 1 amide bonds. The van der Waals surface area contributed by atoms with Crippen molar-refractivity contribution in [1.82, 2.24) is 4.90 Å². The van der Waals surface area contributed by atoms with Crippen molar-refractivity contribution in [2.45, 2.75) is 36.3 Å². The summed E-state index contributed by atoms with van der Waals surface area (Å²) in [6.07, 6.45) is 3.66. The highest BCUT2D eigenvalue weighted by Gasteiger charge is 2.26. The van der Waals surface area contributed by atoms with Crippen LogP contribution >= 0.6 is 11.8 Å². The third-order valence-corrected chi connectivity index (χ3v) is 6.52. The molecule has 0 aromatic heterocycles. The molecule has 2 aliphatic rings. The Balaban J connectivity index is 1.33. The molecule has 1 aliphatic carbocycles. The molecule has 0 radical (unpaired) electrons. The number of thioether (sulfide) groups is 1. The summed E-state index contributed by atoms with van der Waals surface area (Å²) in [7, 11) is 0. The van der Waals surface area contributed by atoms with Gasteiger partial charge < -0.3 is 9.80 Å². The third-order valence-electron chi connectivity index (χ3n) is 5.44. The number of hydrogen-bond acceptors (Lipinski definition) is 3. The van der Waals surface area contributed by atoms with E-state index in [4.69, 9.17) is 0 Å². The predicted octanol–water partition coefficient (Wildman–Crippen LogP) is 4.00. The zero-order valence-electron chi connectivity index (χ0n) is 15.4. The number of rotatable bonds is 4. The lowest BCUT2D eigenvalue weighted by molar-refractivity contribution is -0.130. The van der Waals surface area contributed by atoms with Gasteiger partial charge in [-0.3, -0.25) is 4.79 Å². The van der Waals surface area contributed by atoms with Gasteiger partial charge in [0.05, 0.1) is 5.25 Å². The fourth-order valence-electron chi connectivity index (χ4n) is 3.96. The minimum absolute atomic E-state index is 0.0299. The van der Waals surface area contributed by atoms with Crippen LogP contribution in [0, 0.1) is 0 Å². The second-order valence-electron chi connectivity index (χ2n) is 7.19. The molecule has 0 N–H and O–H groups in total. The molecule has 0 spiro atoms. The minimum atomic E-state index is -0.0299. The topological polar surface area (TPSA) is 23.6 Å². The Bertz CT molecular complexity index is 769. The van der Waals surface area contributed by atoms with Gasteiger partial charge >= 0.3 is 0 Å². The number of piperazine rings is 1. The number of nitrogens with zero attached hydrogens (tertiary/aromatic N) is 2. The van der Waals surface area contributed by atoms with E-state index < -0.39 is 0 Å². The molecule has 1 fully saturated rings. The van der Waals surface area contributed by atoms with Crippen LogP contribution in [0.15, 0.2) is 53.4 Å². The number of aryl methyl sites for hydroxylation is 2. The van der Waals surface area contributed by atoms with Gasteiger partial charge in [0.25, 0.3) is 0 Å². The summed E-state index contributed by atoms with van der Waals surface area (Å²) in [5, 5.41) is -0.0299. The Labute approximate surface area is 160 Å². The van der Waals surface area contributed by atoms with E-state index in [0.29, 0.717) is 0 Å². The molecule has 1 aliphatic heterocycles. The maximum atomic E-state index is 12.9. The molecular formula is C22H26N2OS. The van der Waals surface area contributed by atoms with Gasteiger partial charge in [0.2, 0.25) is 5.91 Å². The van der Waals surface area contributed by atoms with Crippen molar-refractivity contribution < 1.29 is 4.79 Å². The Kier molecular flexibility index (Phi) is 5.21. The standard InChI is InChI=1S/C22H26N2OS/c1-17(26-21-11-10-18-6-5-7-19(18)16-21)22(25)24-14-12-23(13-15-24)20-8-3-2-4-9-20/h2-4,8-11,16-17H,5-7,12-15H2,1H3/t17-/m1/s1. The highest BCUT2D eigenvalue weighted by molar-refractivity contribution is 8.00. The van der Waals surface area contributed by atoms with Gasteiger partial charge in [-0.1, -0.05) is 24.3 Å². The molecule has 3 nitrogen and oxygen atoms in total. The first-order chi connectivity index (χ1) is 12.7. The van der Waals surface area contributed by atoms with Crippen molar-refractivity contribution in [3.63, 3.8) is 0 Å². The van der Waals surface area contributed by atoms with E-state index in [9.17, 15) is 4.79 Å². The smallest absolute Gasteiger partial charge is 0.235 e. The lowest BCUT2D eigenvalue weighted by Crippen LogP contribution is -2.50. The van der Waals surface area contributed by atoms with Crippen LogP contribution in [0.1, 0.15) is 24.5 Å². The Morgan fingerprint density at radius 1 is 0.962 bits per heavy atom. The van der Waals surface area contributed by atoms with Gasteiger partial charge in [0, 0.05) is 36.8 Å². The van der Waals surface area contributed by atoms with Gasteiger partial charge in [-0.25, -0.2) is 0 Å². The van der Waals surface area contributed by atoms with Crippen LogP contribution < -0.4 is 4.90 Å². The average molecular weight is 367 g/mol. The van der Waals surface area contributed by atoms with E-state index in [1.165, 1.54) is 41.0 Å². The zero-order chi connectivity index (χ0) is 17.9. The molecule has 4 rings (SSSR count). The van der Waals surface area contributed by atoms with Crippen molar-refractivity contribution in [3.8, 4) is 0 Å². The number of hydrogen-bond donors (Lipinski definition) is 0. The van der Waals surface area contributed by atoms with Crippen LogP contribution in [0.3, 0.4) is 0 Å². The van der Waals surface area contributed by atoms with Crippen LogP contribution in [-0.2, 0) is 17.6 Å². The Morgan fingerprint density at radius 2 is 1.69 bits per heavy atom. The molecule has 1 heterocycles. The number of fused-ring (bicyclic) bond motifs is 1. The molecule has 1 atom stereocenters. The van der Waals surface area contributed by atoms with E-state index in [1.807, 2.05) is 17.9 Å². The highest BCUT2D eigenvalue weighted by atomic mass is 32.2. The summed E-state index contributed by atoms with van der Waals surface area (Å²) in [4.78, 5) is 18.5. The predicted molar refractivity (Wildman–Crippen MR) is 109 cm³/mol. The maximum Gasteiger partial charge on any atom is 0.235 e. The van der Waals surface area contributed by atoms with E-state index in [0.717, 1.165) is 26.2 Å². The number of carbonyl (C=O) groups excluding carboxylic acids is 1. The first kappa shape index (κ1) is 17.5. The summed E-state index contributed by atoms with van der Waals surface area (Å²) in [5.41, 5.74) is 4.22. The first-order valence-corrected chi connectivity index (χ1v) is 10.5. The van der Waals surface area contributed by atoms with Crippen LogP contribution in [0.4, 0.5) is 5.69 Å². The summed E-state index contributed by atoms with van der Waals surface area (Å²) in [5.74, 6) is 0.267. The Morgan fingerprint density at radius 3 is 2.46 bits per heavy atom. The van der Waals surface area contributed by atoms with Crippen molar-refractivity contribution in [2.75, 3.05) is 31.1 Å².